The number of sulfonamides is 1. The van der Waals surface area contributed by atoms with Gasteiger partial charge in [-0.1, -0.05) is 0 Å². The Labute approximate surface area is 175 Å². The van der Waals surface area contributed by atoms with Gasteiger partial charge in [-0.25, -0.2) is 12.8 Å². The third-order valence-corrected chi connectivity index (χ3v) is 6.49. The first kappa shape index (κ1) is 22.2. The van der Waals surface area contributed by atoms with Gasteiger partial charge < -0.3 is 14.8 Å². The van der Waals surface area contributed by atoms with Crippen molar-refractivity contribution in [1.82, 2.24) is 4.31 Å². The lowest BCUT2D eigenvalue weighted by Crippen LogP contribution is -2.48. The van der Waals surface area contributed by atoms with Crippen molar-refractivity contribution in [2.45, 2.75) is 44.0 Å². The topological polar surface area (TPSA) is 84.9 Å². The second kappa shape index (κ2) is 9.11. The summed E-state index contributed by atoms with van der Waals surface area (Å²) in [5.74, 6) is -0.435. The summed E-state index contributed by atoms with van der Waals surface area (Å²) in [4.78, 5) is 12.5. The van der Waals surface area contributed by atoms with Gasteiger partial charge in [0.05, 0.1) is 17.1 Å². The molecule has 1 saturated heterocycles. The van der Waals surface area contributed by atoms with E-state index in [9.17, 15) is 17.6 Å². The van der Waals surface area contributed by atoms with E-state index in [1.54, 1.807) is 6.92 Å². The largest absolute Gasteiger partial charge is 0.481 e. The number of morpholine rings is 1. The predicted octanol–water partition coefficient (Wildman–Crippen LogP) is 3.03. The van der Waals surface area contributed by atoms with Gasteiger partial charge >= 0.3 is 0 Å². The fourth-order valence-corrected chi connectivity index (χ4v) is 4.79. The molecule has 2 aromatic rings. The average Bonchev–Trinajstić information content (AvgIpc) is 2.69. The van der Waals surface area contributed by atoms with Crippen LogP contribution in [0.1, 0.15) is 20.8 Å². The fourth-order valence-electron chi connectivity index (χ4n) is 3.20. The van der Waals surface area contributed by atoms with Crippen molar-refractivity contribution in [3.8, 4) is 5.75 Å². The lowest BCUT2D eigenvalue weighted by atomic mass is 10.3. The second-order valence-electron chi connectivity index (χ2n) is 7.31. The number of hydrogen-bond acceptors (Lipinski definition) is 5. The Morgan fingerprint density at radius 3 is 2.23 bits per heavy atom. The molecule has 2 aromatic carbocycles. The number of anilines is 1. The lowest BCUT2D eigenvalue weighted by Gasteiger charge is -2.34. The van der Waals surface area contributed by atoms with E-state index >= 15 is 0 Å². The zero-order valence-corrected chi connectivity index (χ0v) is 17.9. The van der Waals surface area contributed by atoms with Crippen LogP contribution in [0.2, 0.25) is 0 Å². The molecule has 0 radical (unpaired) electrons. The molecule has 7 nitrogen and oxygen atoms in total. The van der Waals surface area contributed by atoms with Crippen molar-refractivity contribution < 1.29 is 27.1 Å². The number of ether oxygens (including phenoxy) is 2. The van der Waals surface area contributed by atoms with Crippen molar-refractivity contribution in [1.29, 1.82) is 0 Å². The maximum absolute atomic E-state index is 13.0. The molecule has 0 saturated carbocycles. The number of amides is 1. The van der Waals surface area contributed by atoms with Crippen molar-refractivity contribution >= 4 is 21.6 Å². The predicted molar refractivity (Wildman–Crippen MR) is 110 cm³/mol. The quantitative estimate of drug-likeness (QED) is 0.753. The van der Waals surface area contributed by atoms with Crippen LogP contribution in [0.3, 0.4) is 0 Å². The molecule has 3 atom stereocenters. The van der Waals surface area contributed by atoms with Crippen LogP contribution in [0.4, 0.5) is 10.1 Å². The van der Waals surface area contributed by atoms with Crippen molar-refractivity contribution in [3.05, 3.63) is 54.3 Å². The molecule has 0 aliphatic carbocycles. The molecule has 0 bridgehead atoms. The highest BCUT2D eigenvalue weighted by Crippen LogP contribution is 2.23. The Morgan fingerprint density at radius 1 is 1.10 bits per heavy atom. The highest BCUT2D eigenvalue weighted by Gasteiger charge is 2.32. The zero-order chi connectivity index (χ0) is 21.9. The van der Waals surface area contributed by atoms with E-state index in [1.165, 1.54) is 52.8 Å². The number of halogens is 1. The average molecular weight is 437 g/mol. The summed E-state index contributed by atoms with van der Waals surface area (Å²) in [6.45, 7) is 5.84. The smallest absolute Gasteiger partial charge is 0.265 e. The molecule has 1 fully saturated rings. The molecule has 1 heterocycles. The van der Waals surface area contributed by atoms with Crippen LogP contribution < -0.4 is 10.1 Å². The molecular formula is C21H25FN2O5S. The first-order valence-electron chi connectivity index (χ1n) is 9.64. The Bertz CT molecular complexity index is 969. The van der Waals surface area contributed by atoms with Gasteiger partial charge in [-0.15, -0.1) is 0 Å². The van der Waals surface area contributed by atoms with Gasteiger partial charge in [0.2, 0.25) is 10.0 Å². The maximum Gasteiger partial charge on any atom is 0.265 e. The number of nitrogens with zero attached hydrogens (tertiary/aromatic N) is 1. The minimum atomic E-state index is -3.65. The van der Waals surface area contributed by atoms with Crippen LogP contribution in [0.25, 0.3) is 0 Å². The number of rotatable bonds is 6. The molecule has 9 heteroatoms. The first-order valence-corrected chi connectivity index (χ1v) is 11.1. The van der Waals surface area contributed by atoms with E-state index in [0.717, 1.165) is 0 Å². The number of hydrogen-bond donors (Lipinski definition) is 1. The summed E-state index contributed by atoms with van der Waals surface area (Å²) < 4.78 is 51.2. The van der Waals surface area contributed by atoms with Crippen LogP contribution in [0, 0.1) is 5.82 Å². The van der Waals surface area contributed by atoms with Gasteiger partial charge in [0.15, 0.2) is 6.10 Å². The Hall–Kier alpha value is -2.49. The zero-order valence-electron chi connectivity index (χ0n) is 17.0. The summed E-state index contributed by atoms with van der Waals surface area (Å²) in [5.41, 5.74) is 0.442. The van der Waals surface area contributed by atoms with Gasteiger partial charge in [-0.2, -0.15) is 4.31 Å². The van der Waals surface area contributed by atoms with Crippen LogP contribution in [0.5, 0.6) is 5.75 Å². The minimum Gasteiger partial charge on any atom is -0.481 e. The van der Waals surface area contributed by atoms with Crippen molar-refractivity contribution in [2.24, 2.45) is 0 Å². The number of carbonyl (C=O) groups excluding carboxylic acids is 1. The Balaban J connectivity index is 1.63. The fraction of sp³-hybridized carbons (Fsp3) is 0.381. The third kappa shape index (κ3) is 5.35. The van der Waals surface area contributed by atoms with E-state index < -0.39 is 27.9 Å². The SMILES string of the molecule is C[C@H](Oc1ccc(F)cc1)C(=O)Nc1ccc(S(=O)(=O)N2C[C@H](C)O[C@@H](C)C2)cc1. The number of carbonyl (C=O) groups is 1. The van der Waals surface area contributed by atoms with Crippen LogP contribution in [0.15, 0.2) is 53.4 Å². The Kier molecular flexibility index (Phi) is 6.74. The molecule has 1 N–H and O–H groups in total. The van der Waals surface area contributed by atoms with E-state index in [1.807, 2.05) is 13.8 Å². The molecule has 0 aromatic heterocycles. The van der Waals surface area contributed by atoms with E-state index in [4.69, 9.17) is 9.47 Å². The summed E-state index contributed by atoms with van der Waals surface area (Å²) >= 11 is 0. The highest BCUT2D eigenvalue weighted by molar-refractivity contribution is 7.89. The molecule has 1 aliphatic rings. The highest BCUT2D eigenvalue weighted by atomic mass is 32.2. The Morgan fingerprint density at radius 2 is 1.67 bits per heavy atom. The summed E-state index contributed by atoms with van der Waals surface area (Å²) in [7, 11) is -3.65. The molecule has 1 aliphatic heterocycles. The van der Waals surface area contributed by atoms with Gasteiger partial charge in [0, 0.05) is 18.8 Å². The standard InChI is InChI=1S/C21H25FN2O5S/c1-14-12-24(13-15(2)28-14)30(26,27)20-10-6-18(7-11-20)23-21(25)16(3)29-19-8-4-17(22)5-9-19/h4-11,14-16H,12-13H2,1-3H3,(H,23,25)/t14-,15-,16-/m0/s1. The maximum atomic E-state index is 13.0. The summed E-state index contributed by atoms with van der Waals surface area (Å²) in [6, 6.07) is 11.3. The van der Waals surface area contributed by atoms with Crippen molar-refractivity contribution in [2.75, 3.05) is 18.4 Å². The monoisotopic (exact) mass is 436 g/mol. The third-order valence-electron chi connectivity index (χ3n) is 4.64. The molecule has 3 rings (SSSR count). The van der Waals surface area contributed by atoms with Crippen LogP contribution in [-0.2, 0) is 19.6 Å². The lowest BCUT2D eigenvalue weighted by molar-refractivity contribution is -0.122. The van der Waals surface area contributed by atoms with Gasteiger partial charge in [-0.05, 0) is 69.3 Å². The molecule has 0 spiro atoms. The first-order chi connectivity index (χ1) is 14.1. The van der Waals surface area contributed by atoms with Crippen LogP contribution in [-0.4, -0.2) is 50.0 Å². The van der Waals surface area contributed by atoms with Gasteiger partial charge in [0.1, 0.15) is 11.6 Å². The van der Waals surface area contributed by atoms with E-state index in [2.05, 4.69) is 5.32 Å². The van der Waals surface area contributed by atoms with Crippen LogP contribution >= 0.6 is 0 Å². The normalized spacial score (nSPS) is 21.1. The molecule has 0 unspecified atom stereocenters. The van der Waals surface area contributed by atoms with Gasteiger partial charge in [-0.3, -0.25) is 4.79 Å². The summed E-state index contributed by atoms with van der Waals surface area (Å²) in [6.07, 6.45) is -1.18. The molecule has 162 valence electrons. The van der Waals surface area contributed by atoms with E-state index in [-0.39, 0.29) is 17.1 Å². The number of nitrogens with one attached hydrogen (secondary N) is 1. The van der Waals surface area contributed by atoms with Gasteiger partial charge in [0.25, 0.3) is 5.91 Å². The van der Waals surface area contributed by atoms with Crippen molar-refractivity contribution in [3.63, 3.8) is 0 Å². The summed E-state index contributed by atoms with van der Waals surface area (Å²) in [5, 5.41) is 2.68. The second-order valence-corrected chi connectivity index (χ2v) is 9.24. The van der Waals surface area contributed by atoms with E-state index in [0.29, 0.717) is 24.5 Å². The number of benzene rings is 2. The molecule has 30 heavy (non-hydrogen) atoms. The molecule has 1 amide bonds. The minimum absolute atomic E-state index is 0.150. The molecular weight excluding hydrogens is 411 g/mol.